The van der Waals surface area contributed by atoms with Crippen LogP contribution < -0.4 is 5.32 Å². The average molecular weight is 260 g/mol. The summed E-state index contributed by atoms with van der Waals surface area (Å²) in [5, 5.41) is 6.85. The molecule has 5 heteroatoms. The van der Waals surface area contributed by atoms with Crippen LogP contribution in [0.15, 0.2) is 10.7 Å². The van der Waals surface area contributed by atoms with E-state index in [-0.39, 0.29) is 5.91 Å². The Morgan fingerprint density at radius 3 is 2.50 bits per heavy atom. The molecule has 1 heterocycles. The number of aryl methyl sites for hydroxylation is 1. The second kappa shape index (κ2) is 3.73. The van der Waals surface area contributed by atoms with Crippen molar-refractivity contribution in [3.63, 3.8) is 0 Å². The molecule has 78 valence electrons. The van der Waals surface area contributed by atoms with Gasteiger partial charge in [0.05, 0.1) is 4.47 Å². The molecule has 0 aliphatic carbocycles. The molecule has 0 fully saturated rings. The van der Waals surface area contributed by atoms with Gasteiger partial charge in [0, 0.05) is 18.7 Å². The number of carbonyl (C=O) groups excluding carboxylic acids is 1. The number of amides is 1. The van der Waals surface area contributed by atoms with Crippen LogP contribution in [0.4, 0.5) is 5.82 Å². The van der Waals surface area contributed by atoms with Crippen molar-refractivity contribution in [2.45, 2.75) is 20.8 Å². The minimum absolute atomic E-state index is 0.0445. The van der Waals surface area contributed by atoms with Crippen molar-refractivity contribution >= 4 is 27.7 Å². The molecule has 0 spiro atoms. The van der Waals surface area contributed by atoms with E-state index in [4.69, 9.17) is 0 Å². The molecule has 1 aromatic rings. The van der Waals surface area contributed by atoms with E-state index in [1.807, 2.05) is 20.8 Å². The molecular formula is C9H14BrN3O. The first-order valence-corrected chi connectivity index (χ1v) is 5.10. The van der Waals surface area contributed by atoms with Gasteiger partial charge in [-0.25, -0.2) is 0 Å². The molecule has 0 radical (unpaired) electrons. The Hall–Kier alpha value is -0.840. The molecule has 0 atom stereocenters. The van der Waals surface area contributed by atoms with Gasteiger partial charge in [0.1, 0.15) is 0 Å². The van der Waals surface area contributed by atoms with Gasteiger partial charge in [-0.1, -0.05) is 20.8 Å². The number of halogens is 1. The Balaban J connectivity index is 2.80. The summed E-state index contributed by atoms with van der Waals surface area (Å²) in [6.45, 7) is 5.58. The number of nitrogens with zero attached hydrogens (tertiary/aromatic N) is 2. The highest BCUT2D eigenvalue weighted by Crippen LogP contribution is 2.22. The summed E-state index contributed by atoms with van der Waals surface area (Å²) in [5.41, 5.74) is -0.406. The number of aromatic nitrogens is 2. The third-order valence-electron chi connectivity index (χ3n) is 1.70. The summed E-state index contributed by atoms with van der Waals surface area (Å²) in [7, 11) is 1.80. The molecule has 0 bridgehead atoms. The Kier molecular flexibility index (Phi) is 2.99. The monoisotopic (exact) mass is 259 g/mol. The molecule has 0 aliphatic heterocycles. The summed E-state index contributed by atoms with van der Waals surface area (Å²) >= 11 is 3.31. The lowest BCUT2D eigenvalue weighted by Gasteiger charge is -2.16. The molecule has 0 aliphatic rings. The first kappa shape index (κ1) is 11.2. The fraction of sp³-hybridized carbons (Fsp3) is 0.556. The number of hydrogen-bond acceptors (Lipinski definition) is 2. The van der Waals surface area contributed by atoms with Crippen molar-refractivity contribution in [2.75, 3.05) is 5.32 Å². The SMILES string of the molecule is Cn1cc(Br)c(NC(=O)C(C)(C)C)n1. The number of carbonyl (C=O) groups is 1. The number of nitrogens with one attached hydrogen (secondary N) is 1. The fourth-order valence-electron chi connectivity index (χ4n) is 0.839. The van der Waals surface area contributed by atoms with Crippen molar-refractivity contribution in [3.8, 4) is 0 Å². The van der Waals surface area contributed by atoms with Gasteiger partial charge in [0.15, 0.2) is 5.82 Å². The minimum Gasteiger partial charge on any atom is -0.308 e. The second-order valence-corrected chi connectivity index (χ2v) is 5.06. The smallest absolute Gasteiger partial charge is 0.230 e. The highest BCUT2D eigenvalue weighted by Gasteiger charge is 2.22. The van der Waals surface area contributed by atoms with E-state index in [2.05, 4.69) is 26.3 Å². The molecule has 4 nitrogen and oxygen atoms in total. The van der Waals surface area contributed by atoms with E-state index in [0.717, 1.165) is 4.47 Å². The van der Waals surface area contributed by atoms with E-state index in [1.165, 1.54) is 0 Å². The summed E-state index contributed by atoms with van der Waals surface area (Å²) in [4.78, 5) is 11.6. The zero-order valence-corrected chi connectivity index (χ0v) is 10.3. The topological polar surface area (TPSA) is 46.9 Å². The van der Waals surface area contributed by atoms with E-state index < -0.39 is 5.41 Å². The quantitative estimate of drug-likeness (QED) is 0.841. The van der Waals surface area contributed by atoms with Crippen LogP contribution in [0.1, 0.15) is 20.8 Å². The molecular weight excluding hydrogens is 246 g/mol. The lowest BCUT2D eigenvalue weighted by molar-refractivity contribution is -0.123. The van der Waals surface area contributed by atoms with Crippen LogP contribution in [0.25, 0.3) is 0 Å². The van der Waals surface area contributed by atoms with Crippen LogP contribution in [-0.4, -0.2) is 15.7 Å². The zero-order valence-electron chi connectivity index (χ0n) is 8.76. The Morgan fingerprint density at radius 1 is 1.57 bits per heavy atom. The molecule has 14 heavy (non-hydrogen) atoms. The van der Waals surface area contributed by atoms with Crippen LogP contribution in [-0.2, 0) is 11.8 Å². The summed E-state index contributed by atoms with van der Waals surface area (Å²) in [6, 6.07) is 0. The molecule has 1 amide bonds. The normalized spacial score (nSPS) is 11.5. The predicted molar refractivity (Wildman–Crippen MR) is 59.0 cm³/mol. The summed E-state index contributed by atoms with van der Waals surface area (Å²) in [6.07, 6.45) is 1.79. The zero-order chi connectivity index (χ0) is 10.9. The number of anilines is 1. The summed E-state index contributed by atoms with van der Waals surface area (Å²) in [5.74, 6) is 0.518. The molecule has 0 unspecified atom stereocenters. The lowest BCUT2D eigenvalue weighted by atomic mass is 9.96. The van der Waals surface area contributed by atoms with E-state index in [9.17, 15) is 4.79 Å². The number of rotatable bonds is 1. The van der Waals surface area contributed by atoms with E-state index in [0.29, 0.717) is 5.82 Å². The van der Waals surface area contributed by atoms with Crippen LogP contribution >= 0.6 is 15.9 Å². The minimum atomic E-state index is -0.406. The molecule has 0 aromatic carbocycles. The Morgan fingerprint density at radius 2 is 2.14 bits per heavy atom. The van der Waals surface area contributed by atoms with Crippen molar-refractivity contribution < 1.29 is 4.79 Å². The molecule has 0 saturated carbocycles. The Labute approximate surface area is 91.8 Å². The first-order chi connectivity index (χ1) is 6.30. The highest BCUT2D eigenvalue weighted by molar-refractivity contribution is 9.10. The van der Waals surface area contributed by atoms with Gasteiger partial charge in [0.2, 0.25) is 5.91 Å². The largest absolute Gasteiger partial charge is 0.308 e. The molecule has 1 rings (SSSR count). The van der Waals surface area contributed by atoms with Crippen molar-refractivity contribution in [1.82, 2.24) is 9.78 Å². The maximum absolute atomic E-state index is 11.6. The van der Waals surface area contributed by atoms with Gasteiger partial charge < -0.3 is 5.32 Å². The van der Waals surface area contributed by atoms with Crippen molar-refractivity contribution in [3.05, 3.63) is 10.7 Å². The van der Waals surface area contributed by atoms with Gasteiger partial charge in [-0.2, -0.15) is 5.10 Å². The van der Waals surface area contributed by atoms with E-state index in [1.54, 1.807) is 17.9 Å². The van der Waals surface area contributed by atoms with Gasteiger partial charge in [-0.15, -0.1) is 0 Å². The highest BCUT2D eigenvalue weighted by atomic mass is 79.9. The summed E-state index contributed by atoms with van der Waals surface area (Å²) < 4.78 is 2.43. The van der Waals surface area contributed by atoms with Crippen LogP contribution in [0.5, 0.6) is 0 Å². The van der Waals surface area contributed by atoms with Crippen molar-refractivity contribution in [1.29, 1.82) is 0 Å². The molecule has 1 N–H and O–H groups in total. The first-order valence-electron chi connectivity index (χ1n) is 4.31. The fourth-order valence-corrected chi connectivity index (χ4v) is 1.31. The molecule has 1 aromatic heterocycles. The second-order valence-electron chi connectivity index (χ2n) is 4.20. The van der Waals surface area contributed by atoms with Gasteiger partial charge in [0.25, 0.3) is 0 Å². The molecule has 0 saturated heterocycles. The van der Waals surface area contributed by atoms with Gasteiger partial charge in [-0.05, 0) is 15.9 Å². The van der Waals surface area contributed by atoms with Crippen LogP contribution in [0.3, 0.4) is 0 Å². The third-order valence-corrected chi connectivity index (χ3v) is 2.28. The predicted octanol–water partition coefficient (Wildman–Crippen LogP) is 2.17. The lowest BCUT2D eigenvalue weighted by Crippen LogP contribution is -2.28. The standard InChI is InChI=1S/C9H14BrN3O/c1-9(2,3)8(14)11-7-6(10)5-13(4)12-7/h5H,1-4H3,(H,11,12,14). The maximum atomic E-state index is 11.6. The van der Waals surface area contributed by atoms with Gasteiger partial charge >= 0.3 is 0 Å². The van der Waals surface area contributed by atoms with Crippen LogP contribution in [0.2, 0.25) is 0 Å². The van der Waals surface area contributed by atoms with Crippen LogP contribution in [0, 0.1) is 5.41 Å². The van der Waals surface area contributed by atoms with E-state index >= 15 is 0 Å². The van der Waals surface area contributed by atoms with Crippen molar-refractivity contribution in [2.24, 2.45) is 12.5 Å². The maximum Gasteiger partial charge on any atom is 0.230 e. The van der Waals surface area contributed by atoms with Gasteiger partial charge in [-0.3, -0.25) is 9.48 Å². The third kappa shape index (κ3) is 2.57. The average Bonchev–Trinajstić information content (AvgIpc) is 2.28. The number of hydrogen-bond donors (Lipinski definition) is 1. The Bertz CT molecular complexity index is 351.